The van der Waals surface area contributed by atoms with E-state index in [0.717, 1.165) is 35.2 Å². The number of fused-ring (bicyclic) bond motifs is 1. The van der Waals surface area contributed by atoms with E-state index < -0.39 is 0 Å². The van der Waals surface area contributed by atoms with Gasteiger partial charge in [-0.15, -0.1) is 0 Å². The molecule has 0 bridgehead atoms. The molecule has 0 atom stereocenters. The molecule has 0 unspecified atom stereocenters. The third kappa shape index (κ3) is 4.92. The van der Waals surface area contributed by atoms with Crippen LogP contribution in [0.3, 0.4) is 0 Å². The van der Waals surface area contributed by atoms with E-state index in [0.29, 0.717) is 24.6 Å². The summed E-state index contributed by atoms with van der Waals surface area (Å²) in [6, 6.07) is 23.5. The van der Waals surface area contributed by atoms with Crippen molar-refractivity contribution in [1.29, 1.82) is 0 Å². The summed E-state index contributed by atoms with van der Waals surface area (Å²) in [5.41, 5.74) is 5.07. The lowest BCUT2D eigenvalue weighted by atomic mass is 9.89. The minimum Gasteiger partial charge on any atom is -0.497 e. The molecular weight excluding hydrogens is 438 g/mol. The molecule has 0 saturated carbocycles. The van der Waals surface area contributed by atoms with Crippen molar-refractivity contribution in [3.8, 4) is 16.9 Å². The molecule has 3 aromatic carbocycles. The van der Waals surface area contributed by atoms with Crippen LogP contribution in [0.25, 0.3) is 22.0 Å². The number of hydrogen-bond acceptors (Lipinski definition) is 3. The summed E-state index contributed by atoms with van der Waals surface area (Å²) in [4.78, 5) is 30.5. The standard InChI is InChI=1S/C29H29N3O3/c1-35-24-11-12-27-25(17-24)26(18-30-27)22-13-15-32(16-14-22)28(33)19-31-29(34)23-9-7-21(8-10-23)20-5-3-2-4-6-20/h2-12,17-18,22,30H,13-16,19H2,1H3,(H,31,34). The van der Waals surface area contributed by atoms with Crippen LogP contribution < -0.4 is 10.1 Å². The van der Waals surface area contributed by atoms with Gasteiger partial charge in [-0.25, -0.2) is 0 Å². The quantitative estimate of drug-likeness (QED) is 0.420. The number of carbonyl (C=O) groups excluding carboxylic acids is 2. The first-order chi connectivity index (χ1) is 17.1. The molecular formula is C29H29N3O3. The van der Waals surface area contributed by atoms with E-state index in [1.54, 1.807) is 19.2 Å². The lowest BCUT2D eigenvalue weighted by Gasteiger charge is -2.32. The normalized spacial score (nSPS) is 14.1. The second-order valence-corrected chi connectivity index (χ2v) is 8.94. The fourth-order valence-electron chi connectivity index (χ4n) is 4.84. The molecule has 0 radical (unpaired) electrons. The Kier molecular flexibility index (Phi) is 6.53. The van der Waals surface area contributed by atoms with Gasteiger partial charge in [-0.05, 0) is 65.8 Å². The number of carbonyl (C=O) groups is 2. The number of aromatic nitrogens is 1. The van der Waals surface area contributed by atoms with Crippen LogP contribution in [0, 0.1) is 0 Å². The predicted molar refractivity (Wildman–Crippen MR) is 138 cm³/mol. The van der Waals surface area contributed by atoms with E-state index in [1.807, 2.05) is 59.5 Å². The Labute approximate surface area is 204 Å². The molecule has 1 aliphatic heterocycles. The number of piperidine rings is 1. The van der Waals surface area contributed by atoms with Crippen LogP contribution in [0.4, 0.5) is 0 Å². The number of rotatable bonds is 6. The Bertz CT molecular complexity index is 1320. The van der Waals surface area contributed by atoms with Crippen molar-refractivity contribution in [3.63, 3.8) is 0 Å². The number of methoxy groups -OCH3 is 1. The molecule has 2 heterocycles. The van der Waals surface area contributed by atoms with Gasteiger partial charge in [0.15, 0.2) is 0 Å². The van der Waals surface area contributed by atoms with E-state index in [2.05, 4.69) is 22.6 Å². The Morgan fingerprint density at radius 2 is 1.69 bits per heavy atom. The first-order valence-corrected chi connectivity index (χ1v) is 12.0. The molecule has 1 aliphatic rings. The largest absolute Gasteiger partial charge is 0.497 e. The van der Waals surface area contributed by atoms with Gasteiger partial charge in [-0.1, -0.05) is 42.5 Å². The summed E-state index contributed by atoms with van der Waals surface area (Å²) in [6.07, 6.45) is 3.87. The summed E-state index contributed by atoms with van der Waals surface area (Å²) < 4.78 is 5.39. The Morgan fingerprint density at radius 1 is 0.971 bits per heavy atom. The molecule has 1 fully saturated rings. The smallest absolute Gasteiger partial charge is 0.251 e. The highest BCUT2D eigenvalue weighted by atomic mass is 16.5. The summed E-state index contributed by atoms with van der Waals surface area (Å²) in [5, 5.41) is 3.96. The fraction of sp³-hybridized carbons (Fsp3) is 0.241. The molecule has 6 heteroatoms. The number of nitrogens with zero attached hydrogens (tertiary/aromatic N) is 1. The van der Waals surface area contributed by atoms with Crippen LogP contribution in [0.5, 0.6) is 5.75 Å². The zero-order valence-corrected chi connectivity index (χ0v) is 19.8. The van der Waals surface area contributed by atoms with Crippen LogP contribution in [0.15, 0.2) is 79.0 Å². The lowest BCUT2D eigenvalue weighted by molar-refractivity contribution is -0.131. The van der Waals surface area contributed by atoms with E-state index >= 15 is 0 Å². The molecule has 178 valence electrons. The lowest BCUT2D eigenvalue weighted by Crippen LogP contribution is -2.43. The zero-order valence-electron chi connectivity index (χ0n) is 19.8. The number of aromatic amines is 1. The van der Waals surface area contributed by atoms with E-state index in [1.165, 1.54) is 10.9 Å². The van der Waals surface area contributed by atoms with Gasteiger partial charge in [0.05, 0.1) is 13.7 Å². The third-order valence-electron chi connectivity index (χ3n) is 6.86. The van der Waals surface area contributed by atoms with Crippen molar-refractivity contribution in [2.45, 2.75) is 18.8 Å². The van der Waals surface area contributed by atoms with Crippen molar-refractivity contribution < 1.29 is 14.3 Å². The second-order valence-electron chi connectivity index (χ2n) is 8.94. The molecule has 4 aromatic rings. The number of benzene rings is 3. The Hall–Kier alpha value is -4.06. The second kappa shape index (κ2) is 10.1. The van der Waals surface area contributed by atoms with Crippen molar-refractivity contribution in [2.75, 3.05) is 26.7 Å². The molecule has 1 aromatic heterocycles. The van der Waals surface area contributed by atoms with Gasteiger partial charge in [0.1, 0.15) is 5.75 Å². The monoisotopic (exact) mass is 467 g/mol. The van der Waals surface area contributed by atoms with Gasteiger partial charge in [-0.3, -0.25) is 9.59 Å². The van der Waals surface area contributed by atoms with Gasteiger partial charge in [0, 0.05) is 35.8 Å². The van der Waals surface area contributed by atoms with E-state index in [4.69, 9.17) is 4.74 Å². The molecule has 5 rings (SSSR count). The predicted octanol–water partition coefficient (Wildman–Crippen LogP) is 4.98. The number of H-pyrrole nitrogens is 1. The van der Waals surface area contributed by atoms with Crippen LogP contribution >= 0.6 is 0 Å². The van der Waals surface area contributed by atoms with Gasteiger partial charge in [0.2, 0.25) is 5.91 Å². The molecule has 6 nitrogen and oxygen atoms in total. The average molecular weight is 468 g/mol. The third-order valence-corrected chi connectivity index (χ3v) is 6.86. The summed E-state index contributed by atoms with van der Waals surface area (Å²) in [7, 11) is 1.68. The molecule has 1 saturated heterocycles. The molecule has 2 N–H and O–H groups in total. The van der Waals surface area contributed by atoms with Crippen LogP contribution in [0.1, 0.15) is 34.7 Å². The van der Waals surface area contributed by atoms with Crippen LogP contribution in [0.2, 0.25) is 0 Å². The highest BCUT2D eigenvalue weighted by Gasteiger charge is 2.25. The van der Waals surface area contributed by atoms with Crippen LogP contribution in [-0.2, 0) is 4.79 Å². The fourth-order valence-corrected chi connectivity index (χ4v) is 4.84. The summed E-state index contributed by atoms with van der Waals surface area (Å²) >= 11 is 0. The number of nitrogens with one attached hydrogen (secondary N) is 2. The van der Waals surface area contributed by atoms with Gasteiger partial charge in [0.25, 0.3) is 5.91 Å². The number of ether oxygens (including phenoxy) is 1. The van der Waals surface area contributed by atoms with Gasteiger partial charge < -0.3 is 19.9 Å². The zero-order chi connectivity index (χ0) is 24.2. The molecule has 0 spiro atoms. The van der Waals surface area contributed by atoms with Crippen LogP contribution in [-0.4, -0.2) is 48.4 Å². The van der Waals surface area contributed by atoms with Gasteiger partial charge in [-0.2, -0.15) is 0 Å². The first kappa shape index (κ1) is 22.7. The molecule has 35 heavy (non-hydrogen) atoms. The van der Waals surface area contributed by atoms with Crippen molar-refractivity contribution in [1.82, 2.24) is 15.2 Å². The maximum Gasteiger partial charge on any atom is 0.251 e. The highest BCUT2D eigenvalue weighted by molar-refractivity contribution is 5.97. The molecule has 2 amide bonds. The van der Waals surface area contributed by atoms with Crippen molar-refractivity contribution in [2.24, 2.45) is 0 Å². The van der Waals surface area contributed by atoms with E-state index in [-0.39, 0.29) is 18.4 Å². The maximum atomic E-state index is 12.8. The maximum absolute atomic E-state index is 12.8. The average Bonchev–Trinajstić information content (AvgIpc) is 3.35. The minimum atomic E-state index is -0.236. The minimum absolute atomic E-state index is 0.00816. The first-order valence-electron chi connectivity index (χ1n) is 12.0. The summed E-state index contributed by atoms with van der Waals surface area (Å²) in [6.45, 7) is 1.37. The van der Waals surface area contributed by atoms with Gasteiger partial charge >= 0.3 is 0 Å². The molecule has 0 aliphatic carbocycles. The van der Waals surface area contributed by atoms with Crippen molar-refractivity contribution >= 4 is 22.7 Å². The number of hydrogen-bond donors (Lipinski definition) is 2. The van der Waals surface area contributed by atoms with Crippen molar-refractivity contribution in [3.05, 3.63) is 90.1 Å². The summed E-state index contributed by atoms with van der Waals surface area (Å²) in [5.74, 6) is 0.952. The SMILES string of the molecule is COc1ccc2[nH]cc(C3CCN(C(=O)CNC(=O)c4ccc(-c5ccccc5)cc4)CC3)c2c1. The number of amides is 2. The highest BCUT2D eigenvalue weighted by Crippen LogP contribution is 2.34. The topological polar surface area (TPSA) is 74.4 Å². The number of likely N-dealkylation sites (tertiary alicyclic amines) is 1. The van der Waals surface area contributed by atoms with E-state index in [9.17, 15) is 9.59 Å². The Balaban J connectivity index is 1.14. The Morgan fingerprint density at radius 3 is 2.40 bits per heavy atom.